The Bertz CT molecular complexity index is 687. The third-order valence-corrected chi connectivity index (χ3v) is 13.3. The maximum atomic E-state index is 11.1. The molecule has 33 heavy (non-hydrogen) atoms. The molecule has 0 heterocycles. The standard InChI is InChI=1S/C32H56O/c1-6-32(33)21-20-31(5)25(22-32)10-12-26-27-13-11-24(30(27,4)19-16-28(26)31)9-7-8-23-14-17-29(2,3)18-15-23/h23-28,33H,6-22H2,1-5H3/t24?,25?,26-,27?,28?,30+,31-,32-/m0/s1. The lowest BCUT2D eigenvalue weighted by molar-refractivity contribution is -0.151. The molecule has 1 nitrogen and oxygen atoms in total. The second kappa shape index (κ2) is 8.81. The topological polar surface area (TPSA) is 20.2 Å². The molecule has 0 radical (unpaired) electrons. The highest BCUT2D eigenvalue weighted by Gasteiger charge is 2.60. The van der Waals surface area contributed by atoms with Gasteiger partial charge in [0.05, 0.1) is 5.60 Å². The van der Waals surface area contributed by atoms with E-state index >= 15 is 0 Å². The molecule has 8 atom stereocenters. The zero-order valence-electron chi connectivity index (χ0n) is 22.9. The fourth-order valence-electron chi connectivity index (χ4n) is 10.6. The fraction of sp³-hybridized carbons (Fsp3) is 1.00. The molecule has 0 aromatic heterocycles. The average molecular weight is 457 g/mol. The molecule has 0 spiro atoms. The van der Waals surface area contributed by atoms with Crippen LogP contribution in [0.5, 0.6) is 0 Å². The van der Waals surface area contributed by atoms with Crippen LogP contribution in [0, 0.1) is 51.8 Å². The van der Waals surface area contributed by atoms with Crippen LogP contribution in [0.15, 0.2) is 0 Å². The zero-order valence-corrected chi connectivity index (χ0v) is 22.9. The minimum atomic E-state index is -0.354. The summed E-state index contributed by atoms with van der Waals surface area (Å²) in [5.41, 5.74) is 1.41. The maximum absolute atomic E-state index is 11.1. The second-order valence-electron chi connectivity index (χ2n) is 15.3. The Labute approximate surface area is 206 Å². The van der Waals surface area contributed by atoms with Gasteiger partial charge in [-0.15, -0.1) is 0 Å². The van der Waals surface area contributed by atoms with Gasteiger partial charge in [0.25, 0.3) is 0 Å². The normalized spacial score (nSPS) is 49.8. The van der Waals surface area contributed by atoms with E-state index in [1.165, 1.54) is 89.9 Å². The molecule has 0 aromatic rings. The van der Waals surface area contributed by atoms with Gasteiger partial charge in [0, 0.05) is 0 Å². The number of fused-ring (bicyclic) bond motifs is 5. The van der Waals surface area contributed by atoms with E-state index in [0.717, 1.165) is 54.8 Å². The monoisotopic (exact) mass is 456 g/mol. The minimum absolute atomic E-state index is 0.354. The summed E-state index contributed by atoms with van der Waals surface area (Å²) in [7, 11) is 0. The minimum Gasteiger partial charge on any atom is -0.390 e. The molecule has 5 fully saturated rings. The van der Waals surface area contributed by atoms with Crippen LogP contribution in [0.3, 0.4) is 0 Å². The SMILES string of the molecule is CC[C@]1(O)CC[C@@]2(C)C(CC[C@@H]3C2CC[C@]2(C)C(CCCC4CCC(C)(C)CC4)CCC32)C1. The maximum Gasteiger partial charge on any atom is 0.0648 e. The van der Waals surface area contributed by atoms with E-state index in [9.17, 15) is 5.11 Å². The summed E-state index contributed by atoms with van der Waals surface area (Å²) in [5.74, 6) is 5.75. The van der Waals surface area contributed by atoms with Crippen molar-refractivity contribution in [2.45, 2.75) is 149 Å². The number of aliphatic hydroxyl groups is 1. The predicted octanol–water partition coefficient (Wildman–Crippen LogP) is 9.17. The van der Waals surface area contributed by atoms with Crippen molar-refractivity contribution in [2.75, 3.05) is 0 Å². The number of rotatable bonds is 5. The van der Waals surface area contributed by atoms with Gasteiger partial charge in [-0.05, 0) is 148 Å². The molecule has 1 heteroatoms. The Hall–Kier alpha value is -0.0400. The summed E-state index contributed by atoms with van der Waals surface area (Å²) in [6, 6.07) is 0. The van der Waals surface area contributed by atoms with Crippen LogP contribution in [0.25, 0.3) is 0 Å². The third-order valence-electron chi connectivity index (χ3n) is 13.3. The summed E-state index contributed by atoms with van der Waals surface area (Å²) in [4.78, 5) is 0. The van der Waals surface area contributed by atoms with E-state index in [0.29, 0.717) is 16.2 Å². The summed E-state index contributed by atoms with van der Waals surface area (Å²) >= 11 is 0. The van der Waals surface area contributed by atoms with Crippen molar-refractivity contribution in [3.63, 3.8) is 0 Å². The van der Waals surface area contributed by atoms with E-state index in [4.69, 9.17) is 0 Å². The average Bonchev–Trinajstić information content (AvgIpc) is 3.12. The second-order valence-corrected chi connectivity index (χ2v) is 15.3. The largest absolute Gasteiger partial charge is 0.390 e. The van der Waals surface area contributed by atoms with E-state index in [1.807, 2.05) is 0 Å². The predicted molar refractivity (Wildman–Crippen MR) is 140 cm³/mol. The zero-order chi connectivity index (χ0) is 23.5. The Balaban J connectivity index is 1.19. The molecule has 4 unspecified atom stereocenters. The first-order valence-electron chi connectivity index (χ1n) is 15.3. The first-order valence-corrected chi connectivity index (χ1v) is 15.3. The summed E-state index contributed by atoms with van der Waals surface area (Å²) < 4.78 is 0. The molecule has 0 bridgehead atoms. The quantitative estimate of drug-likeness (QED) is 0.437. The van der Waals surface area contributed by atoms with E-state index in [-0.39, 0.29) is 5.60 Å². The molecule has 0 aliphatic heterocycles. The van der Waals surface area contributed by atoms with Crippen LogP contribution in [0.2, 0.25) is 0 Å². The van der Waals surface area contributed by atoms with Crippen LogP contribution in [-0.4, -0.2) is 10.7 Å². The van der Waals surface area contributed by atoms with Gasteiger partial charge in [-0.2, -0.15) is 0 Å². The van der Waals surface area contributed by atoms with Gasteiger partial charge in [0.2, 0.25) is 0 Å². The summed E-state index contributed by atoms with van der Waals surface area (Å²) in [6.07, 6.45) is 23.7. The number of hydrogen-bond acceptors (Lipinski definition) is 1. The highest BCUT2D eigenvalue weighted by atomic mass is 16.3. The molecule has 5 aliphatic rings. The van der Waals surface area contributed by atoms with Gasteiger partial charge in [-0.1, -0.05) is 47.5 Å². The Morgan fingerprint density at radius 2 is 1.42 bits per heavy atom. The molecule has 5 saturated carbocycles. The molecule has 0 amide bonds. The molecular weight excluding hydrogens is 400 g/mol. The van der Waals surface area contributed by atoms with Gasteiger partial charge in [0.1, 0.15) is 0 Å². The smallest absolute Gasteiger partial charge is 0.0648 e. The van der Waals surface area contributed by atoms with E-state index < -0.39 is 0 Å². The molecule has 0 saturated heterocycles. The van der Waals surface area contributed by atoms with Crippen molar-refractivity contribution in [2.24, 2.45) is 51.8 Å². The Kier molecular flexibility index (Phi) is 6.58. The third kappa shape index (κ3) is 4.38. The summed E-state index contributed by atoms with van der Waals surface area (Å²) in [5, 5.41) is 11.1. The van der Waals surface area contributed by atoms with Crippen molar-refractivity contribution < 1.29 is 5.11 Å². The molecule has 1 N–H and O–H groups in total. The lowest BCUT2D eigenvalue weighted by atomic mass is 9.43. The van der Waals surface area contributed by atoms with E-state index in [1.54, 1.807) is 0 Å². The lowest BCUT2D eigenvalue weighted by Gasteiger charge is -2.62. The van der Waals surface area contributed by atoms with Crippen LogP contribution in [0.4, 0.5) is 0 Å². The molecule has 5 aliphatic carbocycles. The van der Waals surface area contributed by atoms with Gasteiger partial charge < -0.3 is 5.11 Å². The van der Waals surface area contributed by atoms with Gasteiger partial charge >= 0.3 is 0 Å². The molecule has 5 rings (SSSR count). The van der Waals surface area contributed by atoms with Crippen LogP contribution < -0.4 is 0 Å². The lowest BCUT2D eigenvalue weighted by Crippen LogP contribution is -2.55. The highest BCUT2D eigenvalue weighted by molar-refractivity contribution is 5.10. The van der Waals surface area contributed by atoms with Gasteiger partial charge in [0.15, 0.2) is 0 Å². The Morgan fingerprint density at radius 3 is 2.15 bits per heavy atom. The van der Waals surface area contributed by atoms with E-state index in [2.05, 4.69) is 34.6 Å². The summed E-state index contributed by atoms with van der Waals surface area (Å²) in [6.45, 7) is 12.5. The molecule has 190 valence electrons. The van der Waals surface area contributed by atoms with Crippen LogP contribution in [0.1, 0.15) is 144 Å². The highest BCUT2D eigenvalue weighted by Crippen LogP contribution is 2.68. The first kappa shape index (κ1) is 24.6. The molecular formula is C32H56O. The first-order chi connectivity index (χ1) is 15.6. The van der Waals surface area contributed by atoms with Gasteiger partial charge in [-0.3, -0.25) is 0 Å². The van der Waals surface area contributed by atoms with Crippen LogP contribution in [-0.2, 0) is 0 Å². The Morgan fingerprint density at radius 1 is 0.697 bits per heavy atom. The van der Waals surface area contributed by atoms with Crippen molar-refractivity contribution >= 4 is 0 Å². The molecule has 0 aromatic carbocycles. The van der Waals surface area contributed by atoms with Crippen molar-refractivity contribution in [1.82, 2.24) is 0 Å². The van der Waals surface area contributed by atoms with Gasteiger partial charge in [-0.25, -0.2) is 0 Å². The van der Waals surface area contributed by atoms with Crippen molar-refractivity contribution in [3.05, 3.63) is 0 Å². The van der Waals surface area contributed by atoms with Crippen LogP contribution >= 0.6 is 0 Å². The van der Waals surface area contributed by atoms with Crippen molar-refractivity contribution in [1.29, 1.82) is 0 Å². The fourth-order valence-corrected chi connectivity index (χ4v) is 10.6. The number of hydrogen-bond donors (Lipinski definition) is 1. The van der Waals surface area contributed by atoms with Crippen molar-refractivity contribution in [3.8, 4) is 0 Å².